The molecule has 0 aliphatic carbocycles. The second-order valence-electron chi connectivity index (χ2n) is 4.75. The number of hydrogen-bond donors (Lipinski definition) is 3. The molecular formula is C15H12IN3O2. The van der Waals surface area contributed by atoms with Crippen LogP contribution in [0.3, 0.4) is 0 Å². The van der Waals surface area contributed by atoms with Gasteiger partial charge in [0.25, 0.3) is 0 Å². The van der Waals surface area contributed by atoms with Crippen LogP contribution >= 0.6 is 22.6 Å². The van der Waals surface area contributed by atoms with E-state index in [1.807, 2.05) is 30.3 Å². The molecule has 3 aromatic rings. The van der Waals surface area contributed by atoms with E-state index in [-0.39, 0.29) is 6.04 Å². The fourth-order valence-electron chi connectivity index (χ4n) is 2.22. The van der Waals surface area contributed by atoms with E-state index in [9.17, 15) is 9.59 Å². The molecule has 0 aliphatic heterocycles. The van der Waals surface area contributed by atoms with Gasteiger partial charge in [-0.3, -0.25) is 9.59 Å². The summed E-state index contributed by atoms with van der Waals surface area (Å²) in [7, 11) is 0. The Hall–Kier alpha value is -1.93. The molecule has 21 heavy (non-hydrogen) atoms. The van der Waals surface area contributed by atoms with Crippen molar-refractivity contribution in [1.82, 2.24) is 9.97 Å². The van der Waals surface area contributed by atoms with Crippen molar-refractivity contribution in [2.45, 2.75) is 6.04 Å². The molecule has 1 heterocycles. The largest absolute Gasteiger partial charge is 0.320 e. The molecule has 106 valence electrons. The average Bonchev–Trinajstić information content (AvgIpc) is 2.47. The van der Waals surface area contributed by atoms with Crippen LogP contribution in [0.2, 0.25) is 0 Å². The highest BCUT2D eigenvalue weighted by molar-refractivity contribution is 14.1. The number of fused-ring (bicyclic) bond motifs is 1. The normalized spacial score (nSPS) is 12.5. The van der Waals surface area contributed by atoms with E-state index in [0.29, 0.717) is 11.0 Å². The summed E-state index contributed by atoms with van der Waals surface area (Å²) < 4.78 is 1.11. The Morgan fingerprint density at radius 3 is 2.29 bits per heavy atom. The summed E-state index contributed by atoms with van der Waals surface area (Å²) in [5, 5.41) is 0. The molecule has 0 radical (unpaired) electrons. The number of halogens is 1. The first-order valence-corrected chi connectivity index (χ1v) is 7.40. The summed E-state index contributed by atoms with van der Waals surface area (Å²) in [4.78, 5) is 27.8. The molecule has 0 fully saturated rings. The van der Waals surface area contributed by atoms with Gasteiger partial charge >= 0.3 is 11.1 Å². The lowest BCUT2D eigenvalue weighted by atomic mass is 9.99. The molecule has 6 heteroatoms. The topological polar surface area (TPSA) is 91.7 Å². The van der Waals surface area contributed by atoms with Crippen molar-refractivity contribution in [3.8, 4) is 0 Å². The fourth-order valence-corrected chi connectivity index (χ4v) is 2.79. The lowest BCUT2D eigenvalue weighted by Crippen LogP contribution is -2.29. The van der Waals surface area contributed by atoms with Crippen LogP contribution in [0.15, 0.2) is 52.1 Å². The number of benzene rings is 2. The Morgan fingerprint density at radius 2 is 1.57 bits per heavy atom. The lowest BCUT2D eigenvalue weighted by molar-refractivity contribution is 0.871. The van der Waals surface area contributed by atoms with E-state index >= 15 is 0 Å². The number of nitrogens with one attached hydrogen (secondary N) is 2. The van der Waals surface area contributed by atoms with Crippen molar-refractivity contribution in [3.05, 3.63) is 77.9 Å². The highest BCUT2D eigenvalue weighted by Crippen LogP contribution is 2.22. The van der Waals surface area contributed by atoms with E-state index in [4.69, 9.17) is 5.73 Å². The zero-order chi connectivity index (χ0) is 15.0. The molecule has 0 saturated heterocycles. The summed E-state index contributed by atoms with van der Waals surface area (Å²) in [6, 6.07) is 13.0. The zero-order valence-corrected chi connectivity index (χ0v) is 13.0. The summed E-state index contributed by atoms with van der Waals surface area (Å²) in [6.45, 7) is 0. The summed E-state index contributed by atoms with van der Waals surface area (Å²) >= 11 is 2.24. The summed E-state index contributed by atoms with van der Waals surface area (Å²) in [6.07, 6.45) is 0. The monoisotopic (exact) mass is 393 g/mol. The number of aromatic amines is 2. The van der Waals surface area contributed by atoms with Crippen molar-refractivity contribution < 1.29 is 0 Å². The SMILES string of the molecule is NC(c1cccc(I)c1)c1ccc2[nH]c(=O)c(=O)[nH]c2c1. The van der Waals surface area contributed by atoms with Gasteiger partial charge in [-0.15, -0.1) is 0 Å². The van der Waals surface area contributed by atoms with Crippen LogP contribution in [0.5, 0.6) is 0 Å². The molecule has 0 amide bonds. The van der Waals surface area contributed by atoms with Gasteiger partial charge in [0.05, 0.1) is 17.1 Å². The molecule has 4 N–H and O–H groups in total. The van der Waals surface area contributed by atoms with Gasteiger partial charge in [-0.1, -0.05) is 18.2 Å². The smallest absolute Gasteiger partial charge is 0.314 e. The van der Waals surface area contributed by atoms with E-state index in [1.54, 1.807) is 12.1 Å². The van der Waals surface area contributed by atoms with Crippen molar-refractivity contribution in [1.29, 1.82) is 0 Å². The van der Waals surface area contributed by atoms with E-state index in [1.165, 1.54) is 0 Å². The maximum atomic E-state index is 11.4. The van der Waals surface area contributed by atoms with Gasteiger partial charge in [0.15, 0.2) is 0 Å². The van der Waals surface area contributed by atoms with Crippen molar-refractivity contribution >= 4 is 33.6 Å². The third-order valence-corrected chi connectivity index (χ3v) is 3.98. The second kappa shape index (κ2) is 5.45. The Balaban J connectivity index is 2.10. The van der Waals surface area contributed by atoms with Crippen LogP contribution in [0, 0.1) is 3.57 Å². The van der Waals surface area contributed by atoms with Gasteiger partial charge in [-0.2, -0.15) is 0 Å². The Morgan fingerprint density at radius 1 is 0.905 bits per heavy atom. The van der Waals surface area contributed by atoms with Crippen LogP contribution in [0.25, 0.3) is 11.0 Å². The van der Waals surface area contributed by atoms with Gasteiger partial charge in [0.2, 0.25) is 0 Å². The highest BCUT2D eigenvalue weighted by Gasteiger charge is 2.10. The van der Waals surface area contributed by atoms with Gasteiger partial charge in [-0.05, 0) is 58.0 Å². The molecule has 2 aromatic carbocycles. The van der Waals surface area contributed by atoms with Crippen molar-refractivity contribution in [2.24, 2.45) is 5.73 Å². The number of hydrogen-bond acceptors (Lipinski definition) is 3. The minimum atomic E-state index is -0.664. The molecule has 5 nitrogen and oxygen atoms in total. The average molecular weight is 393 g/mol. The minimum Gasteiger partial charge on any atom is -0.320 e. The third kappa shape index (κ3) is 2.77. The zero-order valence-electron chi connectivity index (χ0n) is 10.9. The standard InChI is InChI=1S/C15H12IN3O2/c16-10-3-1-2-8(6-10)13(17)9-4-5-11-12(7-9)19-15(21)14(20)18-11/h1-7,13H,17H2,(H,18,20)(H,19,21). The quantitative estimate of drug-likeness (QED) is 0.459. The molecule has 1 atom stereocenters. The predicted molar refractivity (Wildman–Crippen MR) is 90.4 cm³/mol. The Kier molecular flexibility index (Phi) is 3.64. The molecule has 0 bridgehead atoms. The van der Waals surface area contributed by atoms with Crippen LogP contribution in [0.4, 0.5) is 0 Å². The van der Waals surface area contributed by atoms with Gasteiger partial charge in [0, 0.05) is 3.57 Å². The molecule has 3 rings (SSSR count). The second-order valence-corrected chi connectivity index (χ2v) is 5.99. The van der Waals surface area contributed by atoms with E-state index in [0.717, 1.165) is 14.7 Å². The van der Waals surface area contributed by atoms with Crippen LogP contribution in [-0.4, -0.2) is 9.97 Å². The molecule has 1 aromatic heterocycles. The molecule has 0 spiro atoms. The number of aromatic nitrogens is 2. The van der Waals surface area contributed by atoms with Gasteiger partial charge in [-0.25, -0.2) is 0 Å². The first-order valence-electron chi connectivity index (χ1n) is 6.32. The van der Waals surface area contributed by atoms with Gasteiger partial charge in [0.1, 0.15) is 0 Å². The van der Waals surface area contributed by atoms with Crippen LogP contribution in [-0.2, 0) is 0 Å². The molecule has 0 aliphatic rings. The molecule has 1 unspecified atom stereocenters. The maximum absolute atomic E-state index is 11.4. The van der Waals surface area contributed by atoms with Crippen molar-refractivity contribution in [3.63, 3.8) is 0 Å². The first kappa shape index (κ1) is 14.0. The minimum absolute atomic E-state index is 0.292. The van der Waals surface area contributed by atoms with E-state index in [2.05, 4.69) is 32.6 Å². The van der Waals surface area contributed by atoms with Crippen LogP contribution < -0.4 is 16.9 Å². The molecule has 0 saturated carbocycles. The fraction of sp³-hybridized carbons (Fsp3) is 0.0667. The summed E-state index contributed by atoms with van der Waals surface area (Å²) in [5.74, 6) is 0. The molecular weight excluding hydrogens is 381 g/mol. The van der Waals surface area contributed by atoms with Crippen LogP contribution in [0.1, 0.15) is 17.2 Å². The third-order valence-electron chi connectivity index (χ3n) is 3.31. The number of rotatable bonds is 2. The highest BCUT2D eigenvalue weighted by atomic mass is 127. The Labute approximate surface area is 133 Å². The Bertz CT molecular complexity index is 930. The number of nitrogens with two attached hydrogens (primary N) is 1. The first-order chi connectivity index (χ1) is 10.0. The lowest BCUT2D eigenvalue weighted by Gasteiger charge is -2.13. The van der Waals surface area contributed by atoms with Gasteiger partial charge < -0.3 is 15.7 Å². The van der Waals surface area contributed by atoms with Crippen molar-refractivity contribution in [2.75, 3.05) is 0 Å². The van der Waals surface area contributed by atoms with E-state index < -0.39 is 11.1 Å². The number of H-pyrrole nitrogens is 2. The maximum Gasteiger partial charge on any atom is 0.314 e. The summed E-state index contributed by atoms with van der Waals surface area (Å²) in [5.41, 5.74) is 7.97. The predicted octanol–water partition coefficient (Wildman–Crippen LogP) is 1.87.